The Morgan fingerprint density at radius 2 is 1.63 bits per heavy atom. The van der Waals surface area contributed by atoms with Gasteiger partial charge in [0.25, 0.3) is 5.91 Å². The molecule has 7 nitrogen and oxygen atoms in total. The molecule has 1 aliphatic rings. The number of ether oxygens (including phenoxy) is 1. The summed E-state index contributed by atoms with van der Waals surface area (Å²) in [6.07, 6.45) is 0.745. The molecule has 0 unspecified atom stereocenters. The van der Waals surface area contributed by atoms with E-state index >= 15 is 0 Å². The van der Waals surface area contributed by atoms with Crippen LogP contribution >= 0.6 is 11.6 Å². The smallest absolute Gasteiger partial charge is 0.411 e. The quantitative estimate of drug-likeness (QED) is 0.381. The van der Waals surface area contributed by atoms with Crippen molar-refractivity contribution >= 4 is 35.3 Å². The first-order chi connectivity index (χ1) is 16.8. The number of benzene rings is 3. The number of carboxylic acids is 1. The van der Waals surface area contributed by atoms with Crippen molar-refractivity contribution in [3.05, 3.63) is 100 Å². The Bertz CT molecular complexity index is 1290. The van der Waals surface area contributed by atoms with Crippen LogP contribution in [0.3, 0.4) is 0 Å². The highest BCUT2D eigenvalue weighted by Gasteiger charge is 2.29. The molecule has 0 radical (unpaired) electrons. The second-order valence-corrected chi connectivity index (χ2v) is 8.45. The maximum Gasteiger partial charge on any atom is 0.411 e. The number of carboxylic acid groups (broad SMARTS) is 1. The van der Waals surface area contributed by atoms with Crippen LogP contribution in [0.1, 0.15) is 34.3 Å². The molecule has 3 aromatic rings. The van der Waals surface area contributed by atoms with E-state index in [-0.39, 0.29) is 35.2 Å². The summed E-state index contributed by atoms with van der Waals surface area (Å²) in [6.45, 7) is 1.67. The first-order valence-corrected chi connectivity index (χ1v) is 11.3. The van der Waals surface area contributed by atoms with Crippen molar-refractivity contribution in [2.75, 3.05) is 18.5 Å². The van der Waals surface area contributed by atoms with E-state index in [0.29, 0.717) is 5.69 Å². The van der Waals surface area contributed by atoms with Crippen LogP contribution in [-0.4, -0.2) is 36.2 Å². The number of halogens is 1. The van der Waals surface area contributed by atoms with Gasteiger partial charge >= 0.3 is 12.1 Å². The first-order valence-electron chi connectivity index (χ1n) is 10.9. The summed E-state index contributed by atoms with van der Waals surface area (Å²) < 4.78 is 5.53. The fraction of sp³-hybridized carbons (Fsp3) is 0.148. The van der Waals surface area contributed by atoms with Gasteiger partial charge in [-0.15, -0.1) is 0 Å². The van der Waals surface area contributed by atoms with Gasteiger partial charge in [-0.2, -0.15) is 0 Å². The molecule has 178 valence electrons. The molecule has 0 aliphatic heterocycles. The number of hydrogen-bond acceptors (Lipinski definition) is 4. The van der Waals surface area contributed by atoms with Gasteiger partial charge in [0, 0.05) is 23.6 Å². The summed E-state index contributed by atoms with van der Waals surface area (Å²) in [5, 5.41) is 14.2. The zero-order valence-corrected chi connectivity index (χ0v) is 19.6. The molecule has 0 spiro atoms. The maximum absolute atomic E-state index is 12.5. The summed E-state index contributed by atoms with van der Waals surface area (Å²) in [5.41, 5.74) is 5.22. The number of fused-ring (bicyclic) bond motifs is 3. The Morgan fingerprint density at radius 3 is 2.23 bits per heavy atom. The first kappa shape index (κ1) is 24.0. The Morgan fingerprint density at radius 1 is 1.00 bits per heavy atom. The third kappa shape index (κ3) is 5.36. The van der Waals surface area contributed by atoms with Crippen LogP contribution in [0.5, 0.6) is 0 Å². The molecule has 8 heteroatoms. The Balaban J connectivity index is 1.36. The second-order valence-electron chi connectivity index (χ2n) is 8.05. The normalized spacial score (nSPS) is 12.5. The van der Waals surface area contributed by atoms with Gasteiger partial charge in [-0.1, -0.05) is 66.2 Å². The third-order valence-electron chi connectivity index (χ3n) is 5.82. The lowest BCUT2D eigenvalue weighted by molar-refractivity contribution is -0.132. The molecular weight excluding hydrogens is 468 g/mol. The molecule has 0 heterocycles. The van der Waals surface area contributed by atoms with Crippen molar-refractivity contribution in [1.29, 1.82) is 0 Å². The van der Waals surface area contributed by atoms with E-state index in [1.807, 2.05) is 36.4 Å². The van der Waals surface area contributed by atoms with Crippen LogP contribution in [0.15, 0.2) is 78.4 Å². The summed E-state index contributed by atoms with van der Waals surface area (Å²) in [6, 6.07) is 20.6. The van der Waals surface area contributed by atoms with Crippen LogP contribution in [0.4, 0.5) is 10.5 Å². The van der Waals surface area contributed by atoms with Crippen LogP contribution < -0.4 is 10.6 Å². The third-order valence-corrected chi connectivity index (χ3v) is 6.13. The van der Waals surface area contributed by atoms with Gasteiger partial charge < -0.3 is 15.2 Å². The molecule has 35 heavy (non-hydrogen) atoms. The Kier molecular flexibility index (Phi) is 7.17. The van der Waals surface area contributed by atoms with Crippen LogP contribution in [0.25, 0.3) is 11.1 Å². The van der Waals surface area contributed by atoms with Gasteiger partial charge in [-0.25, -0.2) is 9.59 Å². The molecule has 1 aliphatic carbocycles. The number of rotatable bonds is 7. The topological polar surface area (TPSA) is 105 Å². The van der Waals surface area contributed by atoms with Crippen molar-refractivity contribution in [3.8, 4) is 11.1 Å². The lowest BCUT2D eigenvalue weighted by Crippen LogP contribution is -2.24. The van der Waals surface area contributed by atoms with Crippen molar-refractivity contribution in [2.24, 2.45) is 0 Å². The average molecular weight is 491 g/mol. The fourth-order valence-electron chi connectivity index (χ4n) is 3.99. The molecule has 0 fully saturated rings. The minimum absolute atomic E-state index is 0.0616. The van der Waals surface area contributed by atoms with Gasteiger partial charge in [0.05, 0.1) is 10.7 Å². The van der Waals surface area contributed by atoms with E-state index in [9.17, 15) is 14.4 Å². The van der Waals surface area contributed by atoms with Gasteiger partial charge in [-0.05, 0) is 47.4 Å². The minimum atomic E-state index is -1.05. The van der Waals surface area contributed by atoms with Crippen LogP contribution in [0.2, 0.25) is 5.02 Å². The monoisotopic (exact) mass is 490 g/mol. The van der Waals surface area contributed by atoms with Gasteiger partial charge in [0.2, 0.25) is 0 Å². The zero-order valence-electron chi connectivity index (χ0n) is 18.9. The predicted octanol–water partition coefficient (Wildman–Crippen LogP) is 5.46. The van der Waals surface area contributed by atoms with Crippen molar-refractivity contribution in [3.63, 3.8) is 0 Å². The SMILES string of the molecule is C/C(=C\CNC(=O)c1ccc(NC(=O)OCC2c3ccccc3-c3ccccc32)c(Cl)c1)C(=O)O. The molecule has 0 saturated carbocycles. The van der Waals surface area contributed by atoms with E-state index in [0.717, 1.165) is 22.3 Å². The van der Waals surface area contributed by atoms with Gasteiger partial charge in [0.1, 0.15) is 6.61 Å². The van der Waals surface area contributed by atoms with Gasteiger partial charge in [-0.3, -0.25) is 10.1 Å². The number of carbonyl (C=O) groups is 3. The molecule has 3 aromatic carbocycles. The average Bonchev–Trinajstić information content (AvgIpc) is 3.17. The highest BCUT2D eigenvalue weighted by atomic mass is 35.5. The van der Waals surface area contributed by atoms with Crippen LogP contribution in [-0.2, 0) is 9.53 Å². The van der Waals surface area contributed by atoms with Crippen molar-refractivity contribution in [1.82, 2.24) is 5.32 Å². The highest BCUT2D eigenvalue weighted by molar-refractivity contribution is 6.34. The van der Waals surface area contributed by atoms with Crippen molar-refractivity contribution < 1.29 is 24.2 Å². The molecule has 0 atom stereocenters. The van der Waals surface area contributed by atoms with E-state index in [1.54, 1.807) is 0 Å². The summed E-state index contributed by atoms with van der Waals surface area (Å²) in [7, 11) is 0. The van der Waals surface area contributed by atoms with E-state index < -0.39 is 18.0 Å². The largest absolute Gasteiger partial charge is 0.478 e. The Hall–Kier alpha value is -4.10. The molecule has 4 rings (SSSR count). The van der Waals surface area contributed by atoms with Crippen molar-refractivity contribution in [2.45, 2.75) is 12.8 Å². The molecular formula is C27H23ClN2O5. The number of carbonyl (C=O) groups excluding carboxylic acids is 2. The van der Waals surface area contributed by atoms with Gasteiger partial charge in [0.15, 0.2) is 0 Å². The lowest BCUT2D eigenvalue weighted by Gasteiger charge is -2.15. The highest BCUT2D eigenvalue weighted by Crippen LogP contribution is 2.44. The Labute approximate surface area is 207 Å². The van der Waals surface area contributed by atoms with Crippen LogP contribution in [0, 0.1) is 0 Å². The van der Waals surface area contributed by atoms with E-state index in [1.165, 1.54) is 31.2 Å². The predicted molar refractivity (Wildman–Crippen MR) is 134 cm³/mol. The molecule has 0 saturated heterocycles. The zero-order chi connectivity index (χ0) is 24.9. The molecule has 3 N–H and O–H groups in total. The number of nitrogens with one attached hydrogen (secondary N) is 2. The van der Waals surface area contributed by atoms with E-state index in [2.05, 4.69) is 22.8 Å². The fourth-order valence-corrected chi connectivity index (χ4v) is 4.22. The number of anilines is 1. The number of amides is 2. The number of hydrogen-bond donors (Lipinski definition) is 3. The summed E-state index contributed by atoms with van der Waals surface area (Å²) in [5.74, 6) is -1.53. The summed E-state index contributed by atoms with van der Waals surface area (Å²) in [4.78, 5) is 35.6. The molecule has 2 amide bonds. The van der Waals surface area contributed by atoms with E-state index in [4.69, 9.17) is 21.4 Å². The maximum atomic E-state index is 12.5. The molecule has 0 aromatic heterocycles. The standard InChI is InChI=1S/C27H23ClN2O5/c1-16(26(32)33)12-13-29-25(31)17-10-11-24(23(28)14-17)30-27(34)35-15-22-20-8-4-2-6-18(20)19-7-3-5-9-21(19)22/h2-12,14,22H,13,15H2,1H3,(H,29,31)(H,30,34)(H,32,33)/b16-12+. The minimum Gasteiger partial charge on any atom is -0.478 e. The second kappa shape index (κ2) is 10.4. The summed E-state index contributed by atoms with van der Waals surface area (Å²) >= 11 is 6.26. The number of aliphatic carboxylic acids is 1. The molecule has 0 bridgehead atoms. The lowest BCUT2D eigenvalue weighted by atomic mass is 9.98.